The second-order valence-corrected chi connectivity index (χ2v) is 6.37. The Kier molecular flexibility index (Phi) is 5.12. The van der Waals surface area contributed by atoms with Crippen molar-refractivity contribution in [3.05, 3.63) is 69.5 Å². The number of carboxylic acids is 1. The van der Waals surface area contributed by atoms with E-state index in [1.807, 2.05) is 25.1 Å². The Bertz CT molecular complexity index is 998. The Labute approximate surface area is 160 Å². The fourth-order valence-electron chi connectivity index (χ4n) is 3.06. The van der Waals surface area contributed by atoms with Crippen LogP contribution in [0.15, 0.2) is 48.2 Å². The molecule has 0 fully saturated rings. The number of non-ortho nitro benzene ring substituents is 1. The molecule has 0 radical (unpaired) electrons. The molecule has 1 amide bonds. The zero-order valence-corrected chi connectivity index (χ0v) is 15.3. The Morgan fingerprint density at radius 1 is 1.32 bits per heavy atom. The lowest BCUT2D eigenvalue weighted by atomic mass is 10.1. The molecule has 8 heteroatoms. The minimum Gasteiger partial charge on any atom is -0.480 e. The van der Waals surface area contributed by atoms with E-state index in [0.717, 1.165) is 22.1 Å². The minimum atomic E-state index is -1.20. The third-order valence-electron chi connectivity index (χ3n) is 4.39. The number of fused-ring (bicyclic) bond motifs is 1. The van der Waals surface area contributed by atoms with Crippen LogP contribution in [0.3, 0.4) is 0 Å². The van der Waals surface area contributed by atoms with Crippen molar-refractivity contribution in [3.8, 4) is 5.75 Å². The fraction of sp³-hybridized carbons (Fsp3) is 0.200. The maximum absolute atomic E-state index is 13.1. The molecule has 0 aliphatic carbocycles. The number of anilines is 1. The molecule has 1 atom stereocenters. The van der Waals surface area contributed by atoms with Crippen molar-refractivity contribution in [2.24, 2.45) is 0 Å². The summed E-state index contributed by atoms with van der Waals surface area (Å²) in [4.78, 5) is 36.4. The van der Waals surface area contributed by atoms with Gasteiger partial charge in [-0.2, -0.15) is 0 Å². The SMILES string of the molecule is CCC(C(=O)O)N1C(=O)/C(=C\c2cccc(C)c2)Oc2ccc([N+](=O)[O-])cc21. The normalized spacial score (nSPS) is 15.7. The number of carboxylic acid groups (broad SMARTS) is 1. The van der Waals surface area contributed by atoms with E-state index in [0.29, 0.717) is 0 Å². The molecule has 3 rings (SSSR count). The summed E-state index contributed by atoms with van der Waals surface area (Å²) in [6.45, 7) is 3.53. The second-order valence-electron chi connectivity index (χ2n) is 6.37. The first kappa shape index (κ1) is 19.1. The number of aliphatic carboxylic acids is 1. The molecule has 1 aliphatic heterocycles. The molecule has 1 heterocycles. The van der Waals surface area contributed by atoms with Crippen LogP contribution in [-0.2, 0) is 9.59 Å². The van der Waals surface area contributed by atoms with Gasteiger partial charge in [-0.15, -0.1) is 0 Å². The quantitative estimate of drug-likeness (QED) is 0.481. The van der Waals surface area contributed by atoms with Crippen LogP contribution >= 0.6 is 0 Å². The number of nitro groups is 1. The number of ether oxygens (including phenoxy) is 1. The van der Waals surface area contributed by atoms with E-state index in [-0.39, 0.29) is 29.3 Å². The lowest BCUT2D eigenvalue weighted by molar-refractivity contribution is -0.384. The number of benzene rings is 2. The number of aryl methyl sites for hydroxylation is 1. The first-order chi connectivity index (χ1) is 13.3. The zero-order valence-electron chi connectivity index (χ0n) is 15.3. The summed E-state index contributed by atoms with van der Waals surface area (Å²) in [6.07, 6.45) is 1.65. The molecule has 1 unspecified atom stereocenters. The Balaban J connectivity index is 2.15. The molecule has 28 heavy (non-hydrogen) atoms. The van der Waals surface area contributed by atoms with Crippen LogP contribution in [0.1, 0.15) is 24.5 Å². The molecule has 0 saturated carbocycles. The average Bonchev–Trinajstić information content (AvgIpc) is 2.64. The third kappa shape index (κ3) is 3.57. The molecule has 8 nitrogen and oxygen atoms in total. The molecule has 0 aromatic heterocycles. The predicted molar refractivity (Wildman–Crippen MR) is 102 cm³/mol. The van der Waals surface area contributed by atoms with Crippen LogP contribution in [0, 0.1) is 17.0 Å². The van der Waals surface area contributed by atoms with Gasteiger partial charge in [-0.05, 0) is 31.1 Å². The van der Waals surface area contributed by atoms with Gasteiger partial charge < -0.3 is 9.84 Å². The van der Waals surface area contributed by atoms with Crippen LogP contribution in [0.2, 0.25) is 0 Å². The molecular weight excluding hydrogens is 364 g/mol. The van der Waals surface area contributed by atoms with Gasteiger partial charge in [-0.25, -0.2) is 4.79 Å². The highest BCUT2D eigenvalue weighted by atomic mass is 16.6. The predicted octanol–water partition coefficient (Wildman–Crippen LogP) is 3.53. The van der Waals surface area contributed by atoms with Crippen molar-refractivity contribution in [1.29, 1.82) is 0 Å². The monoisotopic (exact) mass is 382 g/mol. The Morgan fingerprint density at radius 3 is 2.68 bits per heavy atom. The van der Waals surface area contributed by atoms with Crippen LogP contribution in [0.25, 0.3) is 6.08 Å². The molecule has 1 N–H and O–H groups in total. The number of hydrogen-bond acceptors (Lipinski definition) is 5. The maximum Gasteiger partial charge on any atom is 0.326 e. The van der Waals surface area contributed by atoms with E-state index in [1.165, 1.54) is 18.2 Å². The highest BCUT2D eigenvalue weighted by Crippen LogP contribution is 2.40. The van der Waals surface area contributed by atoms with Crippen molar-refractivity contribution >= 4 is 29.3 Å². The van der Waals surface area contributed by atoms with Crippen molar-refractivity contribution in [2.75, 3.05) is 4.90 Å². The molecule has 2 aromatic rings. The van der Waals surface area contributed by atoms with Crippen LogP contribution < -0.4 is 9.64 Å². The van der Waals surface area contributed by atoms with Crippen molar-refractivity contribution in [1.82, 2.24) is 0 Å². The first-order valence-corrected chi connectivity index (χ1v) is 8.63. The van der Waals surface area contributed by atoms with E-state index in [4.69, 9.17) is 4.74 Å². The fourth-order valence-corrected chi connectivity index (χ4v) is 3.06. The van der Waals surface area contributed by atoms with Gasteiger partial charge in [0.1, 0.15) is 6.04 Å². The summed E-state index contributed by atoms with van der Waals surface area (Å²) in [6, 6.07) is 9.97. The minimum absolute atomic E-state index is 0.0494. The molecule has 0 saturated heterocycles. The molecule has 1 aliphatic rings. The van der Waals surface area contributed by atoms with Gasteiger partial charge in [-0.3, -0.25) is 19.8 Å². The van der Waals surface area contributed by atoms with Gasteiger partial charge in [0.05, 0.1) is 10.6 Å². The number of rotatable bonds is 5. The highest BCUT2D eigenvalue weighted by Gasteiger charge is 2.38. The number of carbonyl (C=O) groups excluding carboxylic acids is 1. The first-order valence-electron chi connectivity index (χ1n) is 8.63. The smallest absolute Gasteiger partial charge is 0.326 e. The van der Waals surface area contributed by atoms with Gasteiger partial charge >= 0.3 is 5.97 Å². The van der Waals surface area contributed by atoms with Crippen molar-refractivity contribution in [2.45, 2.75) is 26.3 Å². The molecule has 0 bridgehead atoms. The number of nitro benzene ring substituents is 1. The number of carbonyl (C=O) groups is 2. The highest BCUT2D eigenvalue weighted by molar-refractivity contribution is 6.12. The van der Waals surface area contributed by atoms with Gasteiger partial charge in [-0.1, -0.05) is 36.8 Å². The summed E-state index contributed by atoms with van der Waals surface area (Å²) in [5.41, 5.74) is 1.51. The summed E-state index contributed by atoms with van der Waals surface area (Å²) in [5, 5.41) is 20.7. The molecular formula is C20H18N2O6. The van der Waals surface area contributed by atoms with Crippen molar-refractivity contribution < 1.29 is 24.4 Å². The summed E-state index contributed by atoms with van der Waals surface area (Å²) in [5.74, 6) is -1.73. The van der Waals surface area contributed by atoms with E-state index in [1.54, 1.807) is 13.0 Å². The topological polar surface area (TPSA) is 110 Å². The number of nitrogens with zero attached hydrogens (tertiary/aromatic N) is 2. The van der Waals surface area contributed by atoms with Gasteiger partial charge in [0.25, 0.3) is 11.6 Å². The summed E-state index contributed by atoms with van der Waals surface area (Å²) in [7, 11) is 0. The summed E-state index contributed by atoms with van der Waals surface area (Å²) >= 11 is 0. The van der Waals surface area contributed by atoms with Crippen molar-refractivity contribution in [3.63, 3.8) is 0 Å². The lowest BCUT2D eigenvalue weighted by Crippen LogP contribution is -2.48. The second kappa shape index (κ2) is 7.51. The van der Waals surface area contributed by atoms with Crippen LogP contribution in [0.5, 0.6) is 5.75 Å². The number of amides is 1. The molecule has 2 aromatic carbocycles. The lowest BCUT2D eigenvalue weighted by Gasteiger charge is -2.34. The van der Waals surface area contributed by atoms with Gasteiger partial charge in [0, 0.05) is 12.1 Å². The Hall–Kier alpha value is -3.68. The molecule has 144 valence electrons. The summed E-state index contributed by atoms with van der Waals surface area (Å²) < 4.78 is 5.68. The van der Waals surface area contributed by atoms with Crippen LogP contribution in [0.4, 0.5) is 11.4 Å². The molecule has 0 spiro atoms. The standard InChI is InChI=1S/C20H18N2O6/c1-3-15(20(24)25)21-16-11-14(22(26)27)7-8-17(16)28-18(19(21)23)10-13-6-4-5-12(2)9-13/h4-11,15H,3H2,1-2H3,(H,24,25)/b18-10+. The largest absolute Gasteiger partial charge is 0.480 e. The Morgan fingerprint density at radius 2 is 2.07 bits per heavy atom. The zero-order chi connectivity index (χ0) is 20.4. The average molecular weight is 382 g/mol. The third-order valence-corrected chi connectivity index (χ3v) is 4.39. The van der Waals surface area contributed by atoms with E-state index in [2.05, 4.69) is 0 Å². The van der Waals surface area contributed by atoms with E-state index in [9.17, 15) is 24.8 Å². The van der Waals surface area contributed by atoms with Crippen LogP contribution in [-0.4, -0.2) is 27.9 Å². The van der Waals surface area contributed by atoms with Gasteiger partial charge in [0.2, 0.25) is 0 Å². The maximum atomic E-state index is 13.1. The number of hydrogen-bond donors (Lipinski definition) is 1. The van der Waals surface area contributed by atoms with E-state index < -0.39 is 22.8 Å². The van der Waals surface area contributed by atoms with Gasteiger partial charge in [0.15, 0.2) is 11.5 Å². The van der Waals surface area contributed by atoms with E-state index >= 15 is 0 Å².